The zero-order valence-electron chi connectivity index (χ0n) is 19.2. The van der Waals surface area contributed by atoms with E-state index in [4.69, 9.17) is 0 Å². The summed E-state index contributed by atoms with van der Waals surface area (Å²) in [6, 6.07) is 10.8. The molecule has 2 saturated heterocycles. The van der Waals surface area contributed by atoms with Crippen LogP contribution in [0.3, 0.4) is 0 Å². The smallest absolute Gasteiger partial charge is 0.225 e. The maximum Gasteiger partial charge on any atom is 0.225 e. The van der Waals surface area contributed by atoms with Crippen LogP contribution in [-0.2, 0) is 5.54 Å². The zero-order chi connectivity index (χ0) is 22.2. The van der Waals surface area contributed by atoms with E-state index >= 15 is 0 Å². The highest BCUT2D eigenvalue weighted by atomic mass is 16.3. The zero-order valence-corrected chi connectivity index (χ0v) is 19.2. The predicted octanol–water partition coefficient (Wildman–Crippen LogP) is 1.34. The van der Waals surface area contributed by atoms with Gasteiger partial charge in [0.2, 0.25) is 5.95 Å². The lowest BCUT2D eigenvalue weighted by atomic mass is 9.69. The molecule has 1 saturated carbocycles. The highest BCUT2D eigenvalue weighted by molar-refractivity contribution is 5.48. The fourth-order valence-electron chi connectivity index (χ4n) is 5.72. The molecule has 3 aliphatic rings. The first-order valence-electron chi connectivity index (χ1n) is 11.7. The van der Waals surface area contributed by atoms with Gasteiger partial charge in [-0.1, -0.05) is 30.3 Å². The van der Waals surface area contributed by atoms with Crippen molar-refractivity contribution in [2.45, 2.75) is 43.1 Å². The van der Waals surface area contributed by atoms with E-state index in [-0.39, 0.29) is 11.1 Å². The Labute approximate surface area is 190 Å². The molecule has 1 aromatic heterocycles. The molecule has 1 aliphatic carbocycles. The van der Waals surface area contributed by atoms with Crippen molar-refractivity contribution in [2.24, 2.45) is 0 Å². The van der Waals surface area contributed by atoms with E-state index in [1.807, 2.05) is 17.3 Å². The summed E-state index contributed by atoms with van der Waals surface area (Å²) in [5.74, 6) is 0.767. The lowest BCUT2D eigenvalue weighted by Crippen LogP contribution is -2.54. The maximum absolute atomic E-state index is 10.9. The van der Waals surface area contributed by atoms with Crippen LogP contribution in [0.2, 0.25) is 0 Å². The molecular formula is C24H35N7O. The standard InChI is InChI=1S/C24H35N7O/c1-29(2)24(19-6-4-3-5-7-19)10-8-23(9-11-24)18-31(22(32)28-23)20-16-26-21(27-17-20)30-14-12-25-13-15-30/h3-7,16-17,22,25,28,32H,8-15,18H2,1-2H3. The molecular weight excluding hydrogens is 402 g/mol. The Balaban J connectivity index is 1.29. The van der Waals surface area contributed by atoms with Gasteiger partial charge in [0.25, 0.3) is 0 Å². The number of nitrogens with zero attached hydrogens (tertiary/aromatic N) is 5. The SMILES string of the molecule is CN(C)C1(c2ccccc2)CCC2(CC1)CN(c1cnc(N3CCNCC3)nc1)C(O)N2. The molecule has 1 atom stereocenters. The number of aliphatic hydroxyl groups is 1. The maximum atomic E-state index is 10.9. The molecule has 8 heteroatoms. The molecule has 2 aromatic rings. The Kier molecular flexibility index (Phi) is 5.79. The van der Waals surface area contributed by atoms with Gasteiger partial charge in [-0.3, -0.25) is 10.2 Å². The van der Waals surface area contributed by atoms with Crippen molar-refractivity contribution in [3.8, 4) is 0 Å². The quantitative estimate of drug-likeness (QED) is 0.662. The van der Waals surface area contributed by atoms with Crippen molar-refractivity contribution in [1.82, 2.24) is 25.5 Å². The highest BCUT2D eigenvalue weighted by Gasteiger charge is 2.50. The second kappa shape index (κ2) is 8.59. The molecule has 0 bridgehead atoms. The van der Waals surface area contributed by atoms with Crippen LogP contribution in [0.1, 0.15) is 31.2 Å². The van der Waals surface area contributed by atoms with Crippen LogP contribution in [0.15, 0.2) is 42.7 Å². The molecule has 2 aliphatic heterocycles. The highest BCUT2D eigenvalue weighted by Crippen LogP contribution is 2.46. The summed E-state index contributed by atoms with van der Waals surface area (Å²) in [5, 5.41) is 17.7. The van der Waals surface area contributed by atoms with Gasteiger partial charge in [-0.2, -0.15) is 0 Å². The van der Waals surface area contributed by atoms with Gasteiger partial charge in [-0.15, -0.1) is 0 Å². The summed E-state index contributed by atoms with van der Waals surface area (Å²) < 4.78 is 0. The monoisotopic (exact) mass is 437 g/mol. The third kappa shape index (κ3) is 3.85. The number of anilines is 2. The van der Waals surface area contributed by atoms with Gasteiger partial charge in [0.1, 0.15) is 0 Å². The van der Waals surface area contributed by atoms with Crippen LogP contribution >= 0.6 is 0 Å². The van der Waals surface area contributed by atoms with E-state index in [0.717, 1.165) is 70.0 Å². The number of piperazine rings is 1. The Morgan fingerprint density at radius 1 is 1.00 bits per heavy atom. The van der Waals surface area contributed by atoms with Crippen molar-refractivity contribution >= 4 is 11.6 Å². The van der Waals surface area contributed by atoms with Crippen LogP contribution in [0.25, 0.3) is 0 Å². The van der Waals surface area contributed by atoms with Crippen LogP contribution < -0.4 is 20.4 Å². The summed E-state index contributed by atoms with van der Waals surface area (Å²) in [7, 11) is 4.37. The fourth-order valence-corrected chi connectivity index (χ4v) is 5.72. The topological polar surface area (TPSA) is 79.8 Å². The van der Waals surface area contributed by atoms with Gasteiger partial charge >= 0.3 is 0 Å². The fraction of sp³-hybridized carbons (Fsp3) is 0.583. The second-order valence-electron chi connectivity index (χ2n) is 9.70. The van der Waals surface area contributed by atoms with E-state index in [1.165, 1.54) is 5.56 Å². The average molecular weight is 438 g/mol. The Bertz CT molecular complexity index is 890. The first kappa shape index (κ1) is 21.6. The molecule has 3 heterocycles. The van der Waals surface area contributed by atoms with E-state index in [1.54, 1.807) is 0 Å². The summed E-state index contributed by atoms with van der Waals surface area (Å²) in [6.07, 6.45) is 7.11. The minimum absolute atomic E-state index is 0.0423. The minimum atomic E-state index is -0.716. The molecule has 1 spiro atoms. The molecule has 0 radical (unpaired) electrons. The van der Waals surface area contributed by atoms with Gasteiger partial charge < -0.3 is 20.2 Å². The van der Waals surface area contributed by atoms with E-state index in [9.17, 15) is 5.11 Å². The minimum Gasteiger partial charge on any atom is -0.361 e. The summed E-state index contributed by atoms with van der Waals surface area (Å²) in [5.41, 5.74) is 2.20. The number of aromatic nitrogens is 2. The van der Waals surface area contributed by atoms with Gasteiger partial charge in [0, 0.05) is 43.8 Å². The van der Waals surface area contributed by atoms with Gasteiger partial charge in [-0.05, 0) is 45.3 Å². The molecule has 32 heavy (non-hydrogen) atoms. The Morgan fingerprint density at radius 2 is 1.66 bits per heavy atom. The lowest BCUT2D eigenvalue weighted by molar-refractivity contribution is 0.0513. The number of hydrogen-bond donors (Lipinski definition) is 3. The van der Waals surface area contributed by atoms with Gasteiger partial charge in [0.05, 0.1) is 18.1 Å². The van der Waals surface area contributed by atoms with Crippen LogP contribution in [-0.4, -0.2) is 78.7 Å². The lowest BCUT2D eigenvalue weighted by Gasteiger charge is -2.49. The van der Waals surface area contributed by atoms with Crippen molar-refractivity contribution in [3.05, 3.63) is 48.3 Å². The summed E-state index contributed by atoms with van der Waals surface area (Å²) >= 11 is 0. The van der Waals surface area contributed by atoms with Crippen LogP contribution in [0.5, 0.6) is 0 Å². The van der Waals surface area contributed by atoms with Crippen molar-refractivity contribution in [1.29, 1.82) is 0 Å². The molecule has 0 amide bonds. The molecule has 1 aromatic carbocycles. The third-order valence-corrected chi connectivity index (χ3v) is 7.76. The van der Waals surface area contributed by atoms with Crippen molar-refractivity contribution < 1.29 is 5.11 Å². The first-order valence-corrected chi connectivity index (χ1v) is 11.7. The number of nitrogens with one attached hydrogen (secondary N) is 2. The van der Waals surface area contributed by atoms with Crippen LogP contribution in [0, 0.1) is 0 Å². The van der Waals surface area contributed by atoms with Crippen molar-refractivity contribution in [2.75, 3.05) is 56.6 Å². The average Bonchev–Trinajstić information content (AvgIpc) is 3.16. The van der Waals surface area contributed by atoms with Gasteiger partial charge in [0.15, 0.2) is 6.35 Å². The number of rotatable bonds is 4. The van der Waals surface area contributed by atoms with E-state index in [2.05, 4.69) is 74.8 Å². The first-order chi connectivity index (χ1) is 15.5. The molecule has 172 valence electrons. The molecule has 5 rings (SSSR count). The molecule has 3 N–H and O–H groups in total. The van der Waals surface area contributed by atoms with Gasteiger partial charge in [-0.25, -0.2) is 9.97 Å². The largest absolute Gasteiger partial charge is 0.361 e. The third-order valence-electron chi connectivity index (χ3n) is 7.76. The Morgan fingerprint density at radius 3 is 2.28 bits per heavy atom. The predicted molar refractivity (Wildman–Crippen MR) is 127 cm³/mol. The molecule has 1 unspecified atom stereocenters. The summed E-state index contributed by atoms with van der Waals surface area (Å²) in [4.78, 5) is 15.8. The number of hydrogen-bond acceptors (Lipinski definition) is 8. The molecule has 3 fully saturated rings. The normalized spacial score (nSPS) is 30.9. The van der Waals surface area contributed by atoms with Crippen LogP contribution in [0.4, 0.5) is 11.6 Å². The number of benzene rings is 1. The number of aliphatic hydroxyl groups excluding tert-OH is 1. The second-order valence-corrected chi connectivity index (χ2v) is 9.70. The molecule has 8 nitrogen and oxygen atoms in total. The van der Waals surface area contributed by atoms with E-state index < -0.39 is 6.35 Å². The van der Waals surface area contributed by atoms with Crippen molar-refractivity contribution in [3.63, 3.8) is 0 Å². The summed E-state index contributed by atoms with van der Waals surface area (Å²) in [6.45, 7) is 4.53. The Hall–Kier alpha value is -2.26. The van der Waals surface area contributed by atoms with E-state index in [0.29, 0.717) is 0 Å².